The molecule has 0 fully saturated rings. The van der Waals surface area contributed by atoms with Gasteiger partial charge < -0.3 is 5.32 Å². The summed E-state index contributed by atoms with van der Waals surface area (Å²) in [4.78, 5) is 4.27. The van der Waals surface area contributed by atoms with E-state index < -0.39 is 0 Å². The van der Waals surface area contributed by atoms with E-state index in [2.05, 4.69) is 29.2 Å². The first-order valence-corrected chi connectivity index (χ1v) is 5.28. The van der Waals surface area contributed by atoms with E-state index >= 15 is 0 Å². The third-order valence-electron chi connectivity index (χ3n) is 2.21. The van der Waals surface area contributed by atoms with Crippen molar-refractivity contribution in [2.75, 3.05) is 13.6 Å². The maximum Gasteiger partial charge on any atom is 0.138 e. The predicted octanol–water partition coefficient (Wildman–Crippen LogP) is 1.40. The van der Waals surface area contributed by atoms with Crippen molar-refractivity contribution in [1.29, 1.82) is 0 Å². The van der Waals surface area contributed by atoms with Crippen LogP contribution in [-0.2, 0) is 6.42 Å². The molecule has 1 heterocycles. The highest BCUT2D eigenvalue weighted by atomic mass is 15.3. The molecule has 0 saturated heterocycles. The Morgan fingerprint density at radius 2 is 2.21 bits per heavy atom. The van der Waals surface area contributed by atoms with E-state index in [4.69, 9.17) is 0 Å². The van der Waals surface area contributed by atoms with Crippen LogP contribution >= 0.6 is 0 Å². The second-order valence-electron chi connectivity index (χ2n) is 3.78. The van der Waals surface area contributed by atoms with Crippen molar-refractivity contribution in [3.8, 4) is 0 Å². The van der Waals surface area contributed by atoms with Gasteiger partial charge in [-0.15, -0.1) is 0 Å². The summed E-state index contributed by atoms with van der Waals surface area (Å²) in [6.45, 7) is 5.34. The van der Waals surface area contributed by atoms with Gasteiger partial charge in [-0.1, -0.05) is 0 Å². The molecule has 1 N–H and O–H groups in total. The SMILES string of the molecule is CNCCCCc1ncnn1C(C)C. The van der Waals surface area contributed by atoms with Gasteiger partial charge in [0.15, 0.2) is 0 Å². The van der Waals surface area contributed by atoms with E-state index in [1.165, 1.54) is 12.8 Å². The molecule has 0 aliphatic rings. The fraction of sp³-hybridized carbons (Fsp3) is 0.800. The summed E-state index contributed by atoms with van der Waals surface area (Å²) in [6.07, 6.45) is 5.04. The highest BCUT2D eigenvalue weighted by Gasteiger charge is 2.06. The smallest absolute Gasteiger partial charge is 0.138 e. The maximum atomic E-state index is 4.27. The van der Waals surface area contributed by atoms with Crippen molar-refractivity contribution < 1.29 is 0 Å². The molecular weight excluding hydrogens is 176 g/mol. The number of aromatic nitrogens is 3. The lowest BCUT2D eigenvalue weighted by molar-refractivity contribution is 0.497. The third kappa shape index (κ3) is 3.10. The molecule has 4 nitrogen and oxygen atoms in total. The molecule has 0 radical (unpaired) electrons. The zero-order valence-corrected chi connectivity index (χ0v) is 9.32. The molecule has 0 aliphatic carbocycles. The van der Waals surface area contributed by atoms with Crippen LogP contribution < -0.4 is 5.32 Å². The minimum atomic E-state index is 0.414. The standard InChI is InChI=1S/C10H20N4/c1-9(2)14-10(12-8-13-14)6-4-5-7-11-3/h8-9,11H,4-7H2,1-3H3. The van der Waals surface area contributed by atoms with Crippen LogP contribution in [0.1, 0.15) is 38.6 Å². The summed E-state index contributed by atoms with van der Waals surface area (Å²) in [5, 5.41) is 7.35. The number of rotatable bonds is 6. The zero-order valence-electron chi connectivity index (χ0n) is 9.32. The second-order valence-corrected chi connectivity index (χ2v) is 3.78. The number of hydrogen-bond donors (Lipinski definition) is 1. The minimum Gasteiger partial charge on any atom is -0.320 e. The predicted molar refractivity (Wildman–Crippen MR) is 57.3 cm³/mol. The first kappa shape index (κ1) is 11.2. The number of hydrogen-bond acceptors (Lipinski definition) is 3. The highest BCUT2D eigenvalue weighted by Crippen LogP contribution is 2.07. The van der Waals surface area contributed by atoms with Crippen molar-refractivity contribution in [1.82, 2.24) is 20.1 Å². The van der Waals surface area contributed by atoms with Crippen molar-refractivity contribution in [2.45, 2.75) is 39.2 Å². The average molecular weight is 196 g/mol. The van der Waals surface area contributed by atoms with Crippen LogP contribution in [0.2, 0.25) is 0 Å². The Hall–Kier alpha value is -0.900. The number of aryl methyl sites for hydroxylation is 1. The van der Waals surface area contributed by atoms with Gasteiger partial charge >= 0.3 is 0 Å². The second kappa shape index (κ2) is 5.75. The lowest BCUT2D eigenvalue weighted by Crippen LogP contribution is -2.10. The van der Waals surface area contributed by atoms with Gasteiger partial charge in [0.1, 0.15) is 12.2 Å². The number of unbranched alkanes of at least 4 members (excludes halogenated alkanes) is 1. The molecule has 0 atom stereocenters. The molecule has 1 aromatic rings. The summed E-state index contributed by atoms with van der Waals surface area (Å²) in [5.74, 6) is 1.11. The maximum absolute atomic E-state index is 4.27. The van der Waals surface area contributed by atoms with Crippen LogP contribution in [0.4, 0.5) is 0 Å². The molecule has 0 spiro atoms. The Morgan fingerprint density at radius 1 is 1.43 bits per heavy atom. The molecule has 14 heavy (non-hydrogen) atoms. The molecule has 1 rings (SSSR count). The lowest BCUT2D eigenvalue weighted by Gasteiger charge is -2.08. The van der Waals surface area contributed by atoms with Crippen LogP contribution in [0.3, 0.4) is 0 Å². The Labute approximate surface area is 85.7 Å². The molecule has 0 unspecified atom stereocenters. The number of nitrogens with one attached hydrogen (secondary N) is 1. The number of nitrogens with zero attached hydrogens (tertiary/aromatic N) is 3. The largest absolute Gasteiger partial charge is 0.320 e. The molecular formula is C10H20N4. The molecule has 1 aromatic heterocycles. The summed E-state index contributed by atoms with van der Waals surface area (Å²) in [6, 6.07) is 0.414. The molecule has 0 amide bonds. The summed E-state index contributed by atoms with van der Waals surface area (Å²) < 4.78 is 2.00. The first-order valence-electron chi connectivity index (χ1n) is 5.28. The Bertz CT molecular complexity index is 254. The van der Waals surface area contributed by atoms with E-state index in [-0.39, 0.29) is 0 Å². The van der Waals surface area contributed by atoms with Gasteiger partial charge in [-0.25, -0.2) is 9.67 Å². The van der Waals surface area contributed by atoms with Crippen LogP contribution in [-0.4, -0.2) is 28.4 Å². The third-order valence-corrected chi connectivity index (χ3v) is 2.21. The molecule has 0 aromatic carbocycles. The Kier molecular flexibility index (Phi) is 4.59. The van der Waals surface area contributed by atoms with Crippen LogP contribution in [0.25, 0.3) is 0 Å². The summed E-state index contributed by atoms with van der Waals surface area (Å²) in [5.41, 5.74) is 0. The quantitative estimate of drug-likeness (QED) is 0.699. The van der Waals surface area contributed by atoms with E-state index in [1.54, 1.807) is 6.33 Å². The minimum absolute atomic E-state index is 0.414. The first-order chi connectivity index (χ1) is 6.75. The van der Waals surface area contributed by atoms with Gasteiger partial charge in [-0.3, -0.25) is 0 Å². The van der Waals surface area contributed by atoms with Crippen molar-refractivity contribution in [3.63, 3.8) is 0 Å². The van der Waals surface area contributed by atoms with Crippen LogP contribution in [0, 0.1) is 0 Å². The summed E-state index contributed by atoms with van der Waals surface area (Å²) in [7, 11) is 1.98. The van der Waals surface area contributed by atoms with Gasteiger partial charge in [0.2, 0.25) is 0 Å². The van der Waals surface area contributed by atoms with Gasteiger partial charge in [-0.05, 0) is 40.3 Å². The molecule has 80 valence electrons. The van der Waals surface area contributed by atoms with Crippen molar-refractivity contribution in [2.24, 2.45) is 0 Å². The van der Waals surface area contributed by atoms with Crippen molar-refractivity contribution in [3.05, 3.63) is 12.2 Å². The summed E-state index contributed by atoms with van der Waals surface area (Å²) >= 11 is 0. The van der Waals surface area contributed by atoms with Crippen LogP contribution in [0.5, 0.6) is 0 Å². The van der Waals surface area contributed by atoms with E-state index in [0.717, 1.165) is 18.8 Å². The highest BCUT2D eigenvalue weighted by molar-refractivity contribution is 4.86. The normalized spacial score (nSPS) is 11.1. The molecule has 0 aliphatic heterocycles. The molecule has 4 heteroatoms. The lowest BCUT2D eigenvalue weighted by atomic mass is 10.2. The molecule has 0 bridgehead atoms. The Balaban J connectivity index is 2.38. The average Bonchev–Trinajstić information content (AvgIpc) is 2.60. The van der Waals surface area contributed by atoms with Gasteiger partial charge in [0.05, 0.1) is 0 Å². The topological polar surface area (TPSA) is 42.7 Å². The van der Waals surface area contributed by atoms with E-state index in [1.807, 2.05) is 11.7 Å². The monoisotopic (exact) mass is 196 g/mol. The van der Waals surface area contributed by atoms with E-state index in [9.17, 15) is 0 Å². The van der Waals surface area contributed by atoms with Crippen molar-refractivity contribution >= 4 is 0 Å². The Morgan fingerprint density at radius 3 is 2.86 bits per heavy atom. The van der Waals surface area contributed by atoms with Crippen LogP contribution in [0.15, 0.2) is 6.33 Å². The van der Waals surface area contributed by atoms with Gasteiger partial charge in [-0.2, -0.15) is 5.10 Å². The van der Waals surface area contributed by atoms with Gasteiger partial charge in [0.25, 0.3) is 0 Å². The molecule has 0 saturated carbocycles. The fourth-order valence-corrected chi connectivity index (χ4v) is 1.47. The fourth-order valence-electron chi connectivity index (χ4n) is 1.47. The van der Waals surface area contributed by atoms with E-state index in [0.29, 0.717) is 6.04 Å². The van der Waals surface area contributed by atoms with Gasteiger partial charge in [0, 0.05) is 12.5 Å². The zero-order chi connectivity index (χ0) is 10.4.